The molecule has 0 aliphatic carbocycles. The van der Waals surface area contributed by atoms with Crippen LogP contribution in [0.3, 0.4) is 0 Å². The van der Waals surface area contributed by atoms with Crippen LogP contribution in [0.2, 0.25) is 0 Å². The molecule has 7 rings (SSSR count). The number of rotatable bonds is 4. The fourth-order valence-corrected chi connectivity index (χ4v) is 4.94. The summed E-state index contributed by atoms with van der Waals surface area (Å²) in [6.45, 7) is 0. The number of aromatic nitrogens is 3. The number of aromatic amines is 1. The van der Waals surface area contributed by atoms with Crippen molar-refractivity contribution in [2.24, 2.45) is 0 Å². The Balaban J connectivity index is 1.29. The Bertz CT molecular complexity index is 1790. The summed E-state index contributed by atoms with van der Waals surface area (Å²) >= 11 is 0. The number of fused-ring (bicyclic) bond motifs is 3. The van der Waals surface area contributed by atoms with E-state index >= 15 is 0 Å². The minimum Gasteiger partial charge on any atom is -0.354 e. The second kappa shape index (κ2) is 8.89. The third-order valence-electron chi connectivity index (χ3n) is 6.85. The summed E-state index contributed by atoms with van der Waals surface area (Å²) in [4.78, 5) is 13.5. The van der Waals surface area contributed by atoms with Gasteiger partial charge in [-0.1, -0.05) is 115 Å². The van der Waals surface area contributed by atoms with Crippen LogP contribution in [0.4, 0.5) is 0 Å². The van der Waals surface area contributed by atoms with Crippen LogP contribution in [0.5, 0.6) is 0 Å². The van der Waals surface area contributed by atoms with E-state index in [9.17, 15) is 0 Å². The van der Waals surface area contributed by atoms with Crippen molar-refractivity contribution in [1.29, 1.82) is 0 Å². The molecular formula is C34H23N3. The van der Waals surface area contributed by atoms with Crippen LogP contribution in [-0.4, -0.2) is 15.0 Å². The zero-order chi connectivity index (χ0) is 24.6. The lowest BCUT2D eigenvalue weighted by Crippen LogP contribution is -1.95. The Labute approximate surface area is 215 Å². The summed E-state index contributed by atoms with van der Waals surface area (Å²) in [5, 5.41) is 2.50. The Kier molecular flexibility index (Phi) is 5.11. The average molecular weight is 474 g/mol. The van der Waals surface area contributed by atoms with Gasteiger partial charge in [-0.2, -0.15) is 0 Å². The number of nitrogens with one attached hydrogen (secondary N) is 1. The predicted molar refractivity (Wildman–Crippen MR) is 153 cm³/mol. The van der Waals surface area contributed by atoms with Gasteiger partial charge in [-0.25, -0.2) is 9.97 Å². The topological polar surface area (TPSA) is 41.6 Å². The van der Waals surface area contributed by atoms with Crippen molar-refractivity contribution in [3.05, 3.63) is 133 Å². The second-order valence-electron chi connectivity index (χ2n) is 9.20. The highest BCUT2D eigenvalue weighted by Gasteiger charge is 2.11. The largest absolute Gasteiger partial charge is 0.354 e. The van der Waals surface area contributed by atoms with Gasteiger partial charge in [0.25, 0.3) is 0 Å². The van der Waals surface area contributed by atoms with E-state index in [0.717, 1.165) is 50.5 Å². The zero-order valence-corrected chi connectivity index (χ0v) is 20.1. The lowest BCUT2D eigenvalue weighted by atomic mass is 10.0. The number of nitrogens with zero attached hydrogens (tertiary/aromatic N) is 2. The molecule has 0 fully saturated rings. The number of para-hydroxylation sites is 1. The minimum atomic E-state index is 0.720. The number of hydrogen-bond donors (Lipinski definition) is 1. The van der Waals surface area contributed by atoms with E-state index in [1.165, 1.54) is 16.3 Å². The quantitative estimate of drug-likeness (QED) is 0.277. The van der Waals surface area contributed by atoms with E-state index in [0.29, 0.717) is 0 Å². The molecule has 0 aliphatic heterocycles. The maximum absolute atomic E-state index is 4.95. The molecule has 3 heteroatoms. The fraction of sp³-hybridized carbons (Fsp3) is 0. The Morgan fingerprint density at radius 3 is 1.59 bits per heavy atom. The first kappa shape index (κ1) is 21.3. The molecule has 5 aromatic carbocycles. The van der Waals surface area contributed by atoms with Crippen molar-refractivity contribution < 1.29 is 0 Å². The summed E-state index contributed by atoms with van der Waals surface area (Å²) < 4.78 is 0. The molecule has 3 nitrogen and oxygen atoms in total. The van der Waals surface area contributed by atoms with Gasteiger partial charge in [0.15, 0.2) is 5.82 Å². The van der Waals surface area contributed by atoms with Gasteiger partial charge >= 0.3 is 0 Å². The molecule has 174 valence electrons. The molecule has 7 aromatic rings. The van der Waals surface area contributed by atoms with Gasteiger partial charge in [-0.3, -0.25) is 0 Å². The minimum absolute atomic E-state index is 0.720. The summed E-state index contributed by atoms with van der Waals surface area (Å²) in [5.41, 5.74) is 9.62. The lowest BCUT2D eigenvalue weighted by Gasteiger charge is -2.10. The van der Waals surface area contributed by atoms with E-state index in [1.807, 2.05) is 36.4 Å². The maximum Gasteiger partial charge on any atom is 0.160 e. The van der Waals surface area contributed by atoms with Gasteiger partial charge in [0.1, 0.15) is 0 Å². The first-order valence-electron chi connectivity index (χ1n) is 12.4. The van der Waals surface area contributed by atoms with Crippen molar-refractivity contribution >= 4 is 21.8 Å². The van der Waals surface area contributed by atoms with Crippen LogP contribution in [0.25, 0.3) is 66.8 Å². The summed E-state index contributed by atoms with van der Waals surface area (Å²) in [7, 11) is 0. The standard InChI is InChI=1S/C34H23N3/c1-3-9-24(10-4-1)31-22-32(25-11-5-2-6-12-25)37-34(36-31)26-17-15-23(16-18-26)27-19-20-29-28-13-7-8-14-30(28)35-33(29)21-27/h1-22,35H. The van der Waals surface area contributed by atoms with Crippen molar-refractivity contribution in [2.75, 3.05) is 0 Å². The van der Waals surface area contributed by atoms with E-state index in [1.54, 1.807) is 0 Å². The molecule has 0 radical (unpaired) electrons. The molecule has 0 amide bonds. The van der Waals surface area contributed by atoms with Crippen LogP contribution in [0.15, 0.2) is 133 Å². The molecule has 0 saturated heterocycles. The fourth-order valence-electron chi connectivity index (χ4n) is 4.94. The molecular weight excluding hydrogens is 450 g/mol. The molecule has 0 saturated carbocycles. The van der Waals surface area contributed by atoms with Crippen molar-refractivity contribution in [3.63, 3.8) is 0 Å². The second-order valence-corrected chi connectivity index (χ2v) is 9.20. The van der Waals surface area contributed by atoms with Gasteiger partial charge in [-0.15, -0.1) is 0 Å². The highest BCUT2D eigenvalue weighted by atomic mass is 14.9. The molecule has 37 heavy (non-hydrogen) atoms. The van der Waals surface area contributed by atoms with Gasteiger partial charge in [0, 0.05) is 38.5 Å². The third-order valence-corrected chi connectivity index (χ3v) is 6.85. The summed E-state index contributed by atoms with van der Waals surface area (Å²) in [6, 6.07) is 46.2. The van der Waals surface area contributed by atoms with E-state index < -0.39 is 0 Å². The lowest BCUT2D eigenvalue weighted by molar-refractivity contribution is 1.18. The molecule has 1 N–H and O–H groups in total. The SMILES string of the molecule is c1ccc(-c2cc(-c3ccccc3)nc(-c3ccc(-c4ccc5c(c4)[nH]c4ccccc45)cc3)n2)cc1. The summed E-state index contributed by atoms with van der Waals surface area (Å²) in [6.07, 6.45) is 0. The van der Waals surface area contributed by atoms with Crippen molar-refractivity contribution in [2.45, 2.75) is 0 Å². The van der Waals surface area contributed by atoms with Gasteiger partial charge in [-0.05, 0) is 29.3 Å². The number of hydrogen-bond acceptors (Lipinski definition) is 2. The molecule has 2 heterocycles. The number of H-pyrrole nitrogens is 1. The Morgan fingerprint density at radius 2 is 0.919 bits per heavy atom. The molecule has 0 aliphatic rings. The van der Waals surface area contributed by atoms with E-state index in [-0.39, 0.29) is 0 Å². The van der Waals surface area contributed by atoms with Gasteiger partial charge in [0.05, 0.1) is 11.4 Å². The first-order chi connectivity index (χ1) is 18.3. The van der Waals surface area contributed by atoms with Crippen LogP contribution in [0, 0.1) is 0 Å². The average Bonchev–Trinajstić information content (AvgIpc) is 3.36. The third kappa shape index (κ3) is 3.97. The molecule has 2 aromatic heterocycles. The van der Waals surface area contributed by atoms with Crippen LogP contribution < -0.4 is 0 Å². The highest BCUT2D eigenvalue weighted by Crippen LogP contribution is 2.32. The van der Waals surface area contributed by atoms with Crippen LogP contribution >= 0.6 is 0 Å². The van der Waals surface area contributed by atoms with Gasteiger partial charge < -0.3 is 4.98 Å². The van der Waals surface area contributed by atoms with Crippen molar-refractivity contribution in [1.82, 2.24) is 15.0 Å². The van der Waals surface area contributed by atoms with E-state index in [4.69, 9.17) is 9.97 Å². The Hall–Kier alpha value is -5.02. The van der Waals surface area contributed by atoms with Crippen molar-refractivity contribution in [3.8, 4) is 45.0 Å². The molecule has 0 unspecified atom stereocenters. The highest BCUT2D eigenvalue weighted by molar-refractivity contribution is 6.08. The smallest absolute Gasteiger partial charge is 0.160 e. The number of benzene rings is 5. The molecule has 0 bridgehead atoms. The zero-order valence-electron chi connectivity index (χ0n) is 20.1. The molecule has 0 spiro atoms. The van der Waals surface area contributed by atoms with Crippen LogP contribution in [-0.2, 0) is 0 Å². The summed E-state index contributed by atoms with van der Waals surface area (Å²) in [5.74, 6) is 0.720. The molecule has 0 atom stereocenters. The normalized spacial score (nSPS) is 11.2. The van der Waals surface area contributed by atoms with Gasteiger partial charge in [0.2, 0.25) is 0 Å². The first-order valence-corrected chi connectivity index (χ1v) is 12.4. The Morgan fingerprint density at radius 1 is 0.378 bits per heavy atom. The maximum atomic E-state index is 4.95. The van der Waals surface area contributed by atoms with E-state index in [2.05, 4.69) is 102 Å². The van der Waals surface area contributed by atoms with Crippen LogP contribution in [0.1, 0.15) is 0 Å². The monoisotopic (exact) mass is 473 g/mol. The predicted octanol–water partition coefficient (Wildman–Crippen LogP) is 8.78.